The van der Waals surface area contributed by atoms with E-state index in [-0.39, 0.29) is 42.8 Å². The van der Waals surface area contributed by atoms with Crippen LogP contribution in [0.3, 0.4) is 0 Å². The highest BCUT2D eigenvalue weighted by Crippen LogP contribution is 2.37. The molecule has 3 N–H and O–H groups in total. The van der Waals surface area contributed by atoms with Crippen LogP contribution in [0.2, 0.25) is 0 Å². The molecule has 5 nitrogen and oxygen atoms in total. The smallest absolute Gasteiger partial charge is 0.252 e. The minimum atomic E-state index is -0.341. The number of hydrogen-bond donors (Lipinski definition) is 3. The molecule has 7 heteroatoms. The molecule has 0 spiro atoms. The molecule has 33 heavy (non-hydrogen) atoms. The number of benzene rings is 3. The summed E-state index contributed by atoms with van der Waals surface area (Å²) in [7, 11) is 0. The number of fused-ring (bicyclic) bond motifs is 1. The highest BCUT2D eigenvalue weighted by atomic mass is 35.5. The first-order valence-corrected chi connectivity index (χ1v) is 11.2. The molecule has 4 rings (SSSR count). The number of carbonyl (C=O) groups excluding carboxylic acids is 1. The summed E-state index contributed by atoms with van der Waals surface area (Å²) in [6, 6.07) is 16.0. The maximum Gasteiger partial charge on any atom is 0.252 e. The van der Waals surface area contributed by atoms with Crippen LogP contribution >= 0.6 is 12.4 Å². The van der Waals surface area contributed by atoms with Crippen molar-refractivity contribution in [2.24, 2.45) is 0 Å². The molecular formula is C26H30ClFN2O3. The molecule has 176 valence electrons. The lowest BCUT2D eigenvalue weighted by molar-refractivity contribution is 0.0940. The predicted octanol–water partition coefficient (Wildman–Crippen LogP) is 4.70. The molecule has 3 aromatic rings. The van der Waals surface area contributed by atoms with Gasteiger partial charge in [-0.2, -0.15) is 0 Å². The third-order valence-corrected chi connectivity index (χ3v) is 5.94. The van der Waals surface area contributed by atoms with Crippen LogP contribution in [0.5, 0.6) is 5.75 Å². The maximum atomic E-state index is 13.9. The van der Waals surface area contributed by atoms with Crippen molar-refractivity contribution in [1.82, 2.24) is 10.6 Å². The zero-order chi connectivity index (χ0) is 22.5. The number of ether oxygens (including phenoxy) is 1. The second-order valence-electron chi connectivity index (χ2n) is 8.24. The van der Waals surface area contributed by atoms with E-state index in [0.29, 0.717) is 30.9 Å². The Morgan fingerprint density at radius 1 is 1.15 bits per heavy atom. The van der Waals surface area contributed by atoms with Crippen LogP contribution in [0.15, 0.2) is 54.6 Å². The summed E-state index contributed by atoms with van der Waals surface area (Å²) in [6.45, 7) is 3.31. The second kappa shape index (κ2) is 11.5. The van der Waals surface area contributed by atoms with E-state index < -0.39 is 0 Å². The molecule has 3 aromatic carbocycles. The van der Waals surface area contributed by atoms with Gasteiger partial charge >= 0.3 is 0 Å². The summed E-state index contributed by atoms with van der Waals surface area (Å²) in [5.74, 6) is 0.0245. The highest BCUT2D eigenvalue weighted by molar-refractivity contribution is 6.11. The van der Waals surface area contributed by atoms with E-state index in [2.05, 4.69) is 17.6 Å². The largest absolute Gasteiger partial charge is 0.493 e. The van der Waals surface area contributed by atoms with Crippen LogP contribution in [-0.2, 0) is 0 Å². The third kappa shape index (κ3) is 5.64. The van der Waals surface area contributed by atoms with Gasteiger partial charge in [0.1, 0.15) is 11.6 Å². The van der Waals surface area contributed by atoms with Gasteiger partial charge < -0.3 is 20.5 Å². The van der Waals surface area contributed by atoms with E-state index in [9.17, 15) is 14.3 Å². The molecule has 2 atom stereocenters. The number of nitrogens with one attached hydrogen (secondary N) is 2. The van der Waals surface area contributed by atoms with Crippen molar-refractivity contribution >= 4 is 29.1 Å². The maximum absolute atomic E-state index is 13.9. The standard InChI is InChI=1S/C26H29FN2O3.ClH/c1-2-3-12-32-25-13-17(27)8-9-23(25)22-10-11-24(21-7-5-4-6-20(21)22)26(31)29-18-14-19(16-30)28-15-18;/h4-11,13,18-19,28,30H,2-3,12,14-16H2,1H3,(H,29,31);1H/t18-,19+;/m1./s1. The first kappa shape index (κ1) is 25.0. The quantitative estimate of drug-likeness (QED) is 0.416. The van der Waals surface area contributed by atoms with Crippen molar-refractivity contribution in [2.75, 3.05) is 19.8 Å². The summed E-state index contributed by atoms with van der Waals surface area (Å²) in [4.78, 5) is 13.1. The van der Waals surface area contributed by atoms with Gasteiger partial charge in [-0.1, -0.05) is 43.7 Å². The van der Waals surface area contributed by atoms with Crippen LogP contribution in [0.4, 0.5) is 4.39 Å². The van der Waals surface area contributed by atoms with Crippen LogP contribution in [0.25, 0.3) is 21.9 Å². The second-order valence-corrected chi connectivity index (χ2v) is 8.24. The Morgan fingerprint density at radius 3 is 2.64 bits per heavy atom. The SMILES string of the molecule is CCCCOc1cc(F)ccc1-c1ccc(C(=O)N[C@H]2CN[C@H](CO)C2)c2ccccc12.Cl. The lowest BCUT2D eigenvalue weighted by Gasteiger charge is -2.17. The van der Waals surface area contributed by atoms with E-state index >= 15 is 0 Å². The lowest BCUT2D eigenvalue weighted by atomic mass is 9.94. The van der Waals surface area contributed by atoms with Gasteiger partial charge in [0.05, 0.1) is 13.2 Å². The van der Waals surface area contributed by atoms with Crippen LogP contribution in [0, 0.1) is 5.82 Å². The fraction of sp³-hybridized carbons (Fsp3) is 0.346. The molecule has 0 radical (unpaired) electrons. The molecule has 1 aliphatic heterocycles. The minimum absolute atomic E-state index is 0. The van der Waals surface area contributed by atoms with Gasteiger partial charge in [0, 0.05) is 35.8 Å². The minimum Gasteiger partial charge on any atom is -0.493 e. The monoisotopic (exact) mass is 472 g/mol. The average molecular weight is 473 g/mol. The number of carbonyl (C=O) groups is 1. The van der Waals surface area contributed by atoms with Gasteiger partial charge in [-0.3, -0.25) is 4.79 Å². The molecular weight excluding hydrogens is 443 g/mol. The number of halogens is 2. The topological polar surface area (TPSA) is 70.6 Å². The van der Waals surface area contributed by atoms with E-state index in [1.165, 1.54) is 12.1 Å². The molecule has 0 aromatic heterocycles. The number of rotatable bonds is 8. The first-order valence-electron chi connectivity index (χ1n) is 11.2. The third-order valence-electron chi connectivity index (χ3n) is 5.94. The fourth-order valence-corrected chi connectivity index (χ4v) is 4.23. The molecule has 1 heterocycles. The summed E-state index contributed by atoms with van der Waals surface area (Å²) in [5, 5.41) is 17.3. The number of unbranched alkanes of at least 4 members (excludes halogenated alkanes) is 1. The Hall–Kier alpha value is -2.67. The Labute approximate surface area is 199 Å². The Kier molecular flexibility index (Phi) is 8.67. The van der Waals surface area contributed by atoms with Crippen molar-refractivity contribution < 1.29 is 19.0 Å². The molecule has 1 amide bonds. The van der Waals surface area contributed by atoms with Crippen molar-refractivity contribution in [3.05, 3.63) is 66.0 Å². The number of aliphatic hydroxyl groups excluding tert-OH is 1. The van der Waals surface area contributed by atoms with Crippen molar-refractivity contribution in [3.8, 4) is 16.9 Å². The molecule has 1 aliphatic rings. The van der Waals surface area contributed by atoms with Gasteiger partial charge in [-0.25, -0.2) is 4.39 Å². The summed E-state index contributed by atoms with van der Waals surface area (Å²) in [6.07, 6.45) is 2.59. The van der Waals surface area contributed by atoms with Gasteiger partial charge in [-0.15, -0.1) is 12.4 Å². The van der Waals surface area contributed by atoms with Crippen LogP contribution in [-0.4, -0.2) is 42.9 Å². The van der Waals surface area contributed by atoms with E-state index in [0.717, 1.165) is 34.7 Å². The van der Waals surface area contributed by atoms with Crippen molar-refractivity contribution in [3.63, 3.8) is 0 Å². The van der Waals surface area contributed by atoms with E-state index in [1.54, 1.807) is 6.07 Å². The summed E-state index contributed by atoms with van der Waals surface area (Å²) in [5.41, 5.74) is 2.29. The summed E-state index contributed by atoms with van der Waals surface area (Å²) >= 11 is 0. The zero-order valence-corrected chi connectivity index (χ0v) is 19.5. The summed E-state index contributed by atoms with van der Waals surface area (Å²) < 4.78 is 19.9. The van der Waals surface area contributed by atoms with Crippen molar-refractivity contribution in [1.29, 1.82) is 0 Å². The van der Waals surface area contributed by atoms with Gasteiger partial charge in [0.15, 0.2) is 0 Å². The highest BCUT2D eigenvalue weighted by Gasteiger charge is 2.25. The normalized spacial score (nSPS) is 17.5. The molecule has 1 saturated heterocycles. The first-order chi connectivity index (χ1) is 15.6. The molecule has 0 aliphatic carbocycles. The molecule has 0 unspecified atom stereocenters. The van der Waals surface area contributed by atoms with Crippen LogP contribution < -0.4 is 15.4 Å². The van der Waals surface area contributed by atoms with E-state index in [4.69, 9.17) is 4.74 Å². The lowest BCUT2D eigenvalue weighted by Crippen LogP contribution is -2.36. The number of aliphatic hydroxyl groups is 1. The van der Waals surface area contributed by atoms with Gasteiger partial charge in [0.2, 0.25) is 0 Å². The average Bonchev–Trinajstić information content (AvgIpc) is 3.26. The Balaban J connectivity index is 0.00000306. The van der Waals surface area contributed by atoms with E-state index in [1.807, 2.05) is 36.4 Å². The number of hydrogen-bond acceptors (Lipinski definition) is 4. The van der Waals surface area contributed by atoms with Gasteiger partial charge in [0.25, 0.3) is 5.91 Å². The number of amides is 1. The Bertz CT molecular complexity index is 1110. The predicted molar refractivity (Wildman–Crippen MR) is 132 cm³/mol. The van der Waals surface area contributed by atoms with Gasteiger partial charge in [-0.05, 0) is 47.4 Å². The molecule has 1 fully saturated rings. The Morgan fingerprint density at radius 2 is 1.91 bits per heavy atom. The van der Waals surface area contributed by atoms with Crippen LogP contribution in [0.1, 0.15) is 36.5 Å². The molecule has 0 saturated carbocycles. The van der Waals surface area contributed by atoms with Crippen molar-refractivity contribution in [2.45, 2.75) is 38.3 Å². The fourth-order valence-electron chi connectivity index (χ4n) is 4.23. The zero-order valence-electron chi connectivity index (χ0n) is 18.6. The molecule has 0 bridgehead atoms.